The van der Waals surface area contributed by atoms with E-state index in [1.54, 1.807) is 19.1 Å². The van der Waals surface area contributed by atoms with Crippen LogP contribution in [0, 0.1) is 6.92 Å². The van der Waals surface area contributed by atoms with Gasteiger partial charge in [0, 0.05) is 11.4 Å². The van der Waals surface area contributed by atoms with Crippen molar-refractivity contribution in [3.05, 3.63) is 69.6 Å². The lowest BCUT2D eigenvalue weighted by Gasteiger charge is -2.21. The molecule has 1 N–H and O–H groups in total. The van der Waals surface area contributed by atoms with Gasteiger partial charge >= 0.3 is 0 Å². The average molecular weight is 341 g/mol. The molecule has 0 spiro atoms. The number of rotatable bonds is 3. The third-order valence-corrected chi connectivity index (χ3v) is 4.34. The summed E-state index contributed by atoms with van der Waals surface area (Å²) in [5, 5.41) is 2.94. The monoisotopic (exact) mass is 340 g/mol. The average Bonchev–Trinajstić information content (AvgIpc) is 2.57. The highest BCUT2D eigenvalue weighted by Crippen LogP contribution is 2.31. The number of Topliss-reactive ketones (excluding diaryl/α,β-unsaturated/α-hetero) is 2. The summed E-state index contributed by atoms with van der Waals surface area (Å²) in [7, 11) is 0. The van der Waals surface area contributed by atoms with Crippen LogP contribution in [0.4, 0.5) is 5.69 Å². The number of carbonyl (C=O) groups is 2. The van der Waals surface area contributed by atoms with Crippen molar-refractivity contribution in [1.82, 2.24) is 4.98 Å². The lowest BCUT2D eigenvalue weighted by Crippen LogP contribution is -2.26. The molecule has 1 aliphatic rings. The van der Waals surface area contributed by atoms with E-state index < -0.39 is 5.78 Å². The van der Waals surface area contributed by atoms with Gasteiger partial charge in [-0.1, -0.05) is 43.6 Å². The number of allylic oxidation sites excluding steroid dienone is 2. The Morgan fingerprint density at radius 2 is 1.75 bits per heavy atom. The van der Waals surface area contributed by atoms with Crippen LogP contribution in [-0.2, 0) is 0 Å². The number of carbonyl (C=O) groups excluding carboxylic acids is 2. The van der Waals surface area contributed by atoms with Crippen molar-refractivity contribution in [1.29, 1.82) is 0 Å². The highest BCUT2D eigenvalue weighted by molar-refractivity contribution is 6.50. The van der Waals surface area contributed by atoms with Crippen LogP contribution in [0.1, 0.15) is 51.9 Å². The van der Waals surface area contributed by atoms with Crippen molar-refractivity contribution in [2.45, 2.75) is 26.7 Å². The largest absolute Gasteiger partial charge is 0.351 e. The molecule has 0 fully saturated rings. The first kappa shape index (κ1) is 16.4. The van der Waals surface area contributed by atoms with Crippen molar-refractivity contribution in [2.24, 2.45) is 0 Å². The molecule has 0 saturated heterocycles. The fraction of sp³-hybridized carbons (Fsp3) is 0.211. The van der Waals surface area contributed by atoms with Crippen molar-refractivity contribution in [2.75, 3.05) is 5.32 Å². The summed E-state index contributed by atoms with van der Waals surface area (Å²) in [4.78, 5) is 29.4. The number of nitrogens with one attached hydrogen (secondary N) is 1. The van der Waals surface area contributed by atoms with Crippen LogP contribution in [0.3, 0.4) is 0 Å². The topological polar surface area (TPSA) is 59.1 Å². The Balaban J connectivity index is 2.07. The third-order valence-electron chi connectivity index (χ3n) is 3.98. The molecule has 0 unspecified atom stereocenters. The smallest absolute Gasteiger partial charge is 0.225 e. The zero-order valence-electron chi connectivity index (χ0n) is 13.7. The number of ketones is 2. The van der Waals surface area contributed by atoms with E-state index in [1.165, 1.54) is 0 Å². The Labute approximate surface area is 145 Å². The molecule has 5 heteroatoms. The molecule has 0 saturated carbocycles. The summed E-state index contributed by atoms with van der Waals surface area (Å²) in [5.41, 5.74) is 2.98. The molecule has 1 aromatic carbocycles. The second-order valence-corrected chi connectivity index (χ2v) is 6.44. The first-order valence-electron chi connectivity index (χ1n) is 7.73. The zero-order valence-corrected chi connectivity index (χ0v) is 14.4. The molecule has 2 aromatic rings. The van der Waals surface area contributed by atoms with Crippen LogP contribution in [0.2, 0.25) is 0 Å². The maximum absolute atomic E-state index is 12.8. The van der Waals surface area contributed by atoms with Crippen LogP contribution < -0.4 is 5.32 Å². The molecule has 122 valence electrons. The highest BCUT2D eigenvalue weighted by atomic mass is 35.5. The number of aromatic nitrogens is 1. The first-order chi connectivity index (χ1) is 11.4. The Morgan fingerprint density at radius 3 is 2.46 bits per heavy atom. The number of halogens is 1. The molecular formula is C19H17ClN2O2. The molecule has 1 heterocycles. The number of fused-ring (bicyclic) bond motifs is 1. The SMILES string of the molecule is Cc1ccc2c(n1)C(=O)C(Cl)=C(Nc1ccccc1C(C)C)C2=O. The number of aryl methyl sites for hydroxylation is 1. The van der Waals surface area contributed by atoms with Crippen LogP contribution in [0.25, 0.3) is 0 Å². The number of pyridine rings is 1. The van der Waals surface area contributed by atoms with E-state index in [-0.39, 0.29) is 33.7 Å². The molecule has 24 heavy (non-hydrogen) atoms. The van der Waals surface area contributed by atoms with Gasteiger partial charge in [-0.05, 0) is 36.6 Å². The quantitative estimate of drug-likeness (QED) is 0.896. The summed E-state index contributed by atoms with van der Waals surface area (Å²) in [5.74, 6) is -0.487. The molecule has 4 nitrogen and oxygen atoms in total. The van der Waals surface area contributed by atoms with E-state index in [1.807, 2.05) is 24.3 Å². The number of hydrogen-bond acceptors (Lipinski definition) is 4. The molecule has 1 aromatic heterocycles. The first-order valence-corrected chi connectivity index (χ1v) is 8.10. The summed E-state index contributed by atoms with van der Waals surface area (Å²) in [6, 6.07) is 11.0. The molecular weight excluding hydrogens is 324 g/mol. The van der Waals surface area contributed by atoms with Crippen molar-refractivity contribution in [3.63, 3.8) is 0 Å². The van der Waals surface area contributed by atoms with Gasteiger partial charge in [-0.25, -0.2) is 4.98 Å². The molecule has 0 aliphatic heterocycles. The lowest BCUT2D eigenvalue weighted by atomic mass is 9.95. The van der Waals surface area contributed by atoms with Crippen LogP contribution in [-0.4, -0.2) is 16.6 Å². The van der Waals surface area contributed by atoms with Gasteiger partial charge in [0.2, 0.25) is 11.6 Å². The molecule has 0 bridgehead atoms. The Morgan fingerprint density at radius 1 is 1.04 bits per heavy atom. The molecule has 0 atom stereocenters. The maximum atomic E-state index is 12.8. The van der Waals surface area contributed by atoms with Gasteiger partial charge in [-0.15, -0.1) is 0 Å². The second-order valence-electron chi connectivity index (χ2n) is 6.06. The van der Waals surface area contributed by atoms with Crippen molar-refractivity contribution >= 4 is 28.9 Å². The van der Waals surface area contributed by atoms with Gasteiger partial charge in [-0.2, -0.15) is 0 Å². The minimum atomic E-state index is -0.431. The van der Waals surface area contributed by atoms with Gasteiger partial charge in [-0.3, -0.25) is 9.59 Å². The minimum absolute atomic E-state index is 0.105. The predicted molar refractivity (Wildman–Crippen MR) is 94.7 cm³/mol. The van der Waals surface area contributed by atoms with E-state index in [9.17, 15) is 9.59 Å². The fourth-order valence-electron chi connectivity index (χ4n) is 2.73. The van der Waals surface area contributed by atoms with Gasteiger partial charge < -0.3 is 5.32 Å². The number of para-hydroxylation sites is 1. The van der Waals surface area contributed by atoms with Crippen LogP contribution in [0.5, 0.6) is 0 Å². The summed E-state index contributed by atoms with van der Waals surface area (Å²) < 4.78 is 0. The second kappa shape index (κ2) is 6.21. The van der Waals surface area contributed by atoms with Gasteiger partial charge in [0.15, 0.2) is 0 Å². The van der Waals surface area contributed by atoms with E-state index >= 15 is 0 Å². The van der Waals surface area contributed by atoms with Crippen LogP contribution >= 0.6 is 11.6 Å². The van der Waals surface area contributed by atoms with Gasteiger partial charge in [0.05, 0.1) is 5.56 Å². The molecule has 0 amide bonds. The highest BCUT2D eigenvalue weighted by Gasteiger charge is 2.33. The number of anilines is 1. The zero-order chi connectivity index (χ0) is 17.4. The van der Waals surface area contributed by atoms with E-state index in [0.29, 0.717) is 5.69 Å². The fourth-order valence-corrected chi connectivity index (χ4v) is 2.95. The number of nitrogens with zero attached hydrogens (tertiary/aromatic N) is 1. The Kier molecular flexibility index (Phi) is 4.24. The van der Waals surface area contributed by atoms with Crippen molar-refractivity contribution < 1.29 is 9.59 Å². The summed E-state index contributed by atoms with van der Waals surface area (Å²) in [6.45, 7) is 5.89. The third kappa shape index (κ3) is 2.74. The van der Waals surface area contributed by atoms with E-state index in [4.69, 9.17) is 11.6 Å². The van der Waals surface area contributed by atoms with Gasteiger partial charge in [0.1, 0.15) is 16.4 Å². The Hall–Kier alpha value is -2.46. The normalized spacial score (nSPS) is 14.2. The Bertz CT molecular complexity index is 885. The van der Waals surface area contributed by atoms with Crippen LogP contribution in [0.15, 0.2) is 47.1 Å². The standard InChI is InChI=1S/C19H17ClN2O2/c1-10(2)12-6-4-5-7-14(12)22-17-15(20)19(24)16-13(18(17)23)9-8-11(3)21-16/h4-10,22H,1-3H3. The predicted octanol–water partition coefficient (Wildman–Crippen LogP) is 4.45. The van der Waals surface area contributed by atoms with Gasteiger partial charge in [0.25, 0.3) is 0 Å². The summed E-state index contributed by atoms with van der Waals surface area (Å²) >= 11 is 6.20. The van der Waals surface area contributed by atoms with Crippen molar-refractivity contribution in [3.8, 4) is 0 Å². The summed E-state index contributed by atoms with van der Waals surface area (Å²) in [6.07, 6.45) is 0. The molecule has 0 radical (unpaired) electrons. The molecule has 3 rings (SSSR count). The molecule has 1 aliphatic carbocycles. The van der Waals surface area contributed by atoms with E-state index in [0.717, 1.165) is 11.3 Å². The lowest BCUT2D eigenvalue weighted by molar-refractivity contribution is 0.0978. The minimum Gasteiger partial charge on any atom is -0.351 e. The maximum Gasteiger partial charge on any atom is 0.225 e. The van der Waals surface area contributed by atoms with E-state index in [2.05, 4.69) is 24.1 Å². The number of benzene rings is 1. The number of hydrogen-bond donors (Lipinski definition) is 1.